The number of hydrogen-bond acceptors (Lipinski definition) is 3. The van der Waals surface area contributed by atoms with Gasteiger partial charge < -0.3 is 0 Å². The van der Waals surface area contributed by atoms with Crippen molar-refractivity contribution in [3.05, 3.63) is 24.5 Å². The van der Waals surface area contributed by atoms with Crippen LogP contribution in [0.1, 0.15) is 25.7 Å². The maximum atomic E-state index is 12.8. The summed E-state index contributed by atoms with van der Waals surface area (Å²) in [5, 5.41) is 0. The van der Waals surface area contributed by atoms with E-state index in [1.807, 2.05) is 6.07 Å². The van der Waals surface area contributed by atoms with Gasteiger partial charge in [-0.1, -0.05) is 12.8 Å². The molecule has 5 nitrogen and oxygen atoms in total. The zero-order chi connectivity index (χ0) is 13.9. The van der Waals surface area contributed by atoms with Crippen LogP contribution in [0.4, 0.5) is 5.69 Å². The predicted molar refractivity (Wildman–Crippen MR) is 76.8 cm³/mol. The van der Waals surface area contributed by atoms with Crippen LogP contribution >= 0.6 is 0 Å². The highest BCUT2D eigenvalue weighted by Gasteiger charge is 2.41. The van der Waals surface area contributed by atoms with Crippen molar-refractivity contribution in [2.75, 3.05) is 27.2 Å². The summed E-state index contributed by atoms with van der Waals surface area (Å²) in [7, 11) is 0.00406. The first-order valence-corrected chi connectivity index (χ1v) is 8.11. The molecule has 19 heavy (non-hydrogen) atoms. The number of hydrogen-bond donors (Lipinski definition) is 0. The minimum absolute atomic E-state index is 0.180. The van der Waals surface area contributed by atoms with Crippen molar-refractivity contribution < 1.29 is 8.42 Å². The first-order chi connectivity index (χ1) is 8.96. The highest BCUT2D eigenvalue weighted by atomic mass is 32.2. The quantitative estimate of drug-likeness (QED) is 0.795. The normalized spacial score (nSPS) is 19.1. The van der Waals surface area contributed by atoms with Gasteiger partial charge in [0.1, 0.15) is 0 Å². The molecule has 1 aliphatic heterocycles. The lowest BCUT2D eigenvalue weighted by Crippen LogP contribution is -2.54. The highest BCUT2D eigenvalue weighted by molar-refractivity contribution is 7.88. The summed E-state index contributed by atoms with van der Waals surface area (Å²) < 4.78 is 27.1. The average Bonchev–Trinajstić information content (AvgIpc) is 2.68. The largest absolute Gasteiger partial charge is 0.377 e. The van der Waals surface area contributed by atoms with Crippen molar-refractivity contribution in [3.8, 4) is 0 Å². The fourth-order valence-corrected chi connectivity index (χ4v) is 4.04. The van der Waals surface area contributed by atoms with Gasteiger partial charge in [-0.15, -0.1) is 0 Å². The van der Waals surface area contributed by atoms with Crippen LogP contribution in [-0.2, 0) is 10.2 Å². The molecule has 6 heteroatoms. The third-order valence-electron chi connectivity index (χ3n) is 3.74. The maximum absolute atomic E-state index is 12.8. The zero-order valence-corrected chi connectivity index (χ0v) is 12.4. The van der Waals surface area contributed by atoms with Crippen LogP contribution in [0.15, 0.2) is 24.5 Å². The molecule has 0 N–H and O–H groups in total. The summed E-state index contributed by atoms with van der Waals surface area (Å²) in [5.41, 5.74) is 0.687. The fraction of sp³-hybridized carbons (Fsp3) is 0.615. The van der Waals surface area contributed by atoms with E-state index < -0.39 is 10.2 Å². The second-order valence-corrected chi connectivity index (χ2v) is 7.68. The molecule has 0 aromatic carbocycles. The van der Waals surface area contributed by atoms with Gasteiger partial charge in [0.05, 0.1) is 20.3 Å². The van der Waals surface area contributed by atoms with Gasteiger partial charge >= 0.3 is 10.2 Å². The summed E-state index contributed by atoms with van der Waals surface area (Å²) in [6.07, 6.45) is 7.41. The minimum Gasteiger partial charge on any atom is -0.258 e. The zero-order valence-electron chi connectivity index (χ0n) is 11.6. The molecule has 106 valence electrons. The molecule has 0 saturated carbocycles. The van der Waals surface area contributed by atoms with E-state index in [1.165, 1.54) is 0 Å². The first kappa shape index (κ1) is 14.4. The Morgan fingerprint density at radius 3 is 2.32 bits per heavy atom. The van der Waals surface area contributed by atoms with Crippen molar-refractivity contribution in [1.29, 1.82) is 0 Å². The fourth-order valence-electron chi connectivity index (χ4n) is 2.37. The third-order valence-corrected chi connectivity index (χ3v) is 6.12. The molecule has 0 aliphatic carbocycles. The molecule has 1 aromatic heterocycles. The predicted octanol–water partition coefficient (Wildman–Crippen LogP) is 1.77. The molecular weight excluding hydrogens is 262 g/mol. The molecule has 0 unspecified atom stereocenters. The van der Waals surface area contributed by atoms with Gasteiger partial charge in [0.25, 0.3) is 0 Å². The number of rotatable bonds is 3. The van der Waals surface area contributed by atoms with Gasteiger partial charge in [0.2, 0.25) is 0 Å². The maximum Gasteiger partial charge on any atom is 0.377 e. The van der Waals surface area contributed by atoms with Gasteiger partial charge in [-0.25, -0.2) is 0 Å². The summed E-state index contributed by atoms with van der Waals surface area (Å²) >= 11 is 0. The van der Waals surface area contributed by atoms with Gasteiger partial charge in [-0.2, -0.15) is 16.6 Å². The van der Waals surface area contributed by atoms with Crippen LogP contribution in [0, 0.1) is 0 Å². The molecule has 1 saturated heterocycles. The van der Waals surface area contributed by atoms with E-state index in [0.717, 1.165) is 25.7 Å². The third kappa shape index (κ3) is 2.80. The molecule has 1 aliphatic rings. The molecule has 2 rings (SSSR count). The lowest BCUT2D eigenvalue weighted by molar-refractivity contribution is 0.381. The Bertz CT molecular complexity index is 506. The SMILES string of the molecule is C[N+](C)(c1cccnc1)S(=O)(=O)N1CCCCCC1. The summed E-state index contributed by atoms with van der Waals surface area (Å²) in [6, 6.07) is 3.58. The Labute approximate surface area is 115 Å². The monoisotopic (exact) mass is 284 g/mol. The van der Waals surface area contributed by atoms with Crippen LogP contribution in [0.2, 0.25) is 0 Å². The smallest absolute Gasteiger partial charge is 0.258 e. The topological polar surface area (TPSA) is 50.3 Å². The van der Waals surface area contributed by atoms with E-state index in [4.69, 9.17) is 0 Å². The summed E-state index contributed by atoms with van der Waals surface area (Å²) in [5.74, 6) is 0. The van der Waals surface area contributed by atoms with Crippen LogP contribution in [0.5, 0.6) is 0 Å². The number of aromatic nitrogens is 1. The number of quaternary nitrogens is 1. The Morgan fingerprint density at radius 1 is 1.16 bits per heavy atom. The van der Waals surface area contributed by atoms with Crippen molar-refractivity contribution >= 4 is 15.9 Å². The Kier molecular flexibility index (Phi) is 4.23. The molecule has 0 bridgehead atoms. The minimum atomic E-state index is -3.41. The second kappa shape index (κ2) is 5.56. The first-order valence-electron chi connectivity index (χ1n) is 6.71. The lowest BCUT2D eigenvalue weighted by atomic mass is 10.2. The average molecular weight is 284 g/mol. The van der Waals surface area contributed by atoms with Gasteiger partial charge in [0, 0.05) is 25.4 Å². The van der Waals surface area contributed by atoms with Crippen LogP contribution in [0.25, 0.3) is 0 Å². The van der Waals surface area contributed by atoms with Crippen molar-refractivity contribution in [3.63, 3.8) is 0 Å². The molecule has 2 heterocycles. The van der Waals surface area contributed by atoms with Crippen molar-refractivity contribution in [2.24, 2.45) is 0 Å². The number of pyridine rings is 1. The van der Waals surface area contributed by atoms with E-state index >= 15 is 0 Å². The Hall–Kier alpha value is -0.980. The molecular formula is C13H22N3O2S+. The van der Waals surface area contributed by atoms with E-state index in [9.17, 15) is 8.42 Å². The van der Waals surface area contributed by atoms with E-state index in [0.29, 0.717) is 18.8 Å². The second-order valence-electron chi connectivity index (χ2n) is 5.35. The van der Waals surface area contributed by atoms with Crippen LogP contribution in [-0.4, -0.2) is 44.9 Å². The molecule has 0 spiro atoms. The van der Waals surface area contributed by atoms with Gasteiger partial charge in [-0.05, 0) is 18.9 Å². The Morgan fingerprint density at radius 2 is 1.79 bits per heavy atom. The van der Waals surface area contributed by atoms with E-state index in [2.05, 4.69) is 4.98 Å². The van der Waals surface area contributed by atoms with Crippen LogP contribution < -0.4 is 3.89 Å². The molecule has 0 radical (unpaired) electrons. The Balaban J connectivity index is 2.32. The van der Waals surface area contributed by atoms with E-state index in [1.54, 1.807) is 36.9 Å². The molecule has 1 fully saturated rings. The molecule has 1 aromatic rings. The molecule has 0 amide bonds. The highest BCUT2D eigenvalue weighted by Crippen LogP contribution is 2.26. The standard InChI is InChI=1S/C13H22N3O2S/c1-16(2,13-8-7-9-14-12-13)19(17,18)15-10-5-3-4-6-11-15/h7-9,12H,3-6,10-11H2,1-2H3/q+1. The van der Waals surface area contributed by atoms with Gasteiger partial charge in [-0.3, -0.25) is 4.98 Å². The van der Waals surface area contributed by atoms with Crippen molar-refractivity contribution in [2.45, 2.75) is 25.7 Å². The summed E-state index contributed by atoms with van der Waals surface area (Å²) in [4.78, 5) is 4.03. The summed E-state index contributed by atoms with van der Waals surface area (Å²) in [6.45, 7) is 1.26. The van der Waals surface area contributed by atoms with Crippen molar-refractivity contribution in [1.82, 2.24) is 13.2 Å². The molecule has 0 atom stereocenters. The van der Waals surface area contributed by atoms with Crippen LogP contribution in [0.3, 0.4) is 0 Å². The lowest BCUT2D eigenvalue weighted by Gasteiger charge is -2.32. The van der Waals surface area contributed by atoms with Gasteiger partial charge in [0.15, 0.2) is 5.69 Å². The van der Waals surface area contributed by atoms with E-state index in [-0.39, 0.29) is 3.89 Å². The number of nitrogens with zero attached hydrogens (tertiary/aromatic N) is 3.